The van der Waals surface area contributed by atoms with Gasteiger partial charge in [-0.25, -0.2) is 0 Å². The predicted molar refractivity (Wildman–Crippen MR) is 372 cm³/mol. The quantitative estimate of drug-likeness (QED) is 0.171. The summed E-state index contributed by atoms with van der Waals surface area (Å²) in [5.41, 5.74) is -1.56. The zero-order valence-electron chi connectivity index (χ0n) is 61.9. The highest BCUT2D eigenvalue weighted by atomic mass is 35.5. The molecule has 3 unspecified atom stereocenters. The lowest BCUT2D eigenvalue weighted by Gasteiger charge is -2.41. The summed E-state index contributed by atoms with van der Waals surface area (Å²) in [6, 6.07) is -8.60. The van der Waals surface area contributed by atoms with E-state index in [2.05, 4.69) is 16.0 Å². The van der Waals surface area contributed by atoms with Crippen LogP contribution in [0.2, 0.25) is 0 Å². The molecular weight excluding hydrogens is 1320 g/mol. The summed E-state index contributed by atoms with van der Waals surface area (Å²) in [5.74, 6) is -10.2. The number of piperidine rings is 1. The first-order valence-electron chi connectivity index (χ1n) is 37.0. The number of rotatable bonds is 13. The van der Waals surface area contributed by atoms with Gasteiger partial charge >= 0.3 is 6.18 Å². The number of carbonyl (C=O) groups is 12. The van der Waals surface area contributed by atoms with Crippen LogP contribution in [0.25, 0.3) is 0 Å². The molecule has 0 bridgehead atoms. The molecule has 100 heavy (non-hydrogen) atoms. The molecule has 6 fully saturated rings. The number of nitrogens with zero attached hydrogens (tertiary/aromatic N) is 9. The molecule has 28 heteroatoms. The average Bonchev–Trinajstić information content (AvgIpc) is 1.48. The Kier molecular flexibility index (Phi) is 30.8. The smallest absolute Gasteiger partial charge is 0.343 e. The molecule has 566 valence electrons. The van der Waals surface area contributed by atoms with Crippen molar-refractivity contribution in [2.75, 3.05) is 88.6 Å². The number of carbonyl (C=O) groups excluding carboxylic acids is 12. The monoisotopic (exact) mass is 1430 g/mol. The summed E-state index contributed by atoms with van der Waals surface area (Å²) in [6.07, 6.45) is 4.90. The molecule has 3 aliphatic heterocycles. The van der Waals surface area contributed by atoms with E-state index in [1.165, 1.54) is 73.8 Å². The van der Waals surface area contributed by atoms with Gasteiger partial charge < -0.3 is 60.0 Å². The highest BCUT2D eigenvalue weighted by Gasteiger charge is 2.51. The van der Waals surface area contributed by atoms with Crippen molar-refractivity contribution in [3.63, 3.8) is 0 Å². The molecule has 3 saturated heterocycles. The number of nitrogens with one attached hydrogen (secondary N) is 3. The van der Waals surface area contributed by atoms with Crippen molar-refractivity contribution in [2.45, 2.75) is 261 Å². The van der Waals surface area contributed by atoms with Gasteiger partial charge in [0, 0.05) is 74.3 Å². The van der Waals surface area contributed by atoms with Crippen molar-refractivity contribution in [3.05, 3.63) is 0 Å². The van der Waals surface area contributed by atoms with E-state index in [9.17, 15) is 41.9 Å². The molecule has 0 radical (unpaired) electrons. The Bertz CT molecular complexity index is 2870. The van der Waals surface area contributed by atoms with Crippen LogP contribution in [0.1, 0.15) is 202 Å². The van der Waals surface area contributed by atoms with E-state index in [4.69, 9.17) is 11.6 Å². The number of hydrogen-bond donors (Lipinski definition) is 3. The Morgan fingerprint density at radius 3 is 1.78 bits per heavy atom. The third-order valence-corrected chi connectivity index (χ3v) is 22.9. The summed E-state index contributed by atoms with van der Waals surface area (Å²) in [6.45, 7) is 10.5. The standard InChI is InChI=1S/C72H118ClF3N12O12/c1-14-47(6)62-69(99)82(9)43-60(91)80(7)44-61(92)84(11)56(40-48-24-17-15-18-25-48)66(96)81(8)42-58(89)77-52(31-29-49-28-30-50(51(73)39-49)72(74,75)76)65(95)88-37-23-26-53(88)64(94)79-71(33-19-20-34-71)70(100)86(13)54(32-27-45(2)3)67(97)85(12)57(68(98)87-35-21-16-22-36-87)41-59(90)83(10)55(38-46(4)5)63(93)78-62/h45-57,62H,14-44H2,1-13H3,(H,77,89)(H,78,93)(H,79,94)/t47-,49?,50?,51?,52-,53-,54-,55-,56-,57-,62-/m0/s1. The maximum atomic E-state index is 15.6. The normalized spacial score (nSPS) is 29.1. The summed E-state index contributed by atoms with van der Waals surface area (Å²) >= 11 is 6.40. The maximum Gasteiger partial charge on any atom is 0.393 e. The topological polar surface area (TPSA) is 270 Å². The van der Waals surface area contributed by atoms with E-state index in [0.717, 1.165) is 53.2 Å². The largest absolute Gasteiger partial charge is 0.393 e. The maximum absolute atomic E-state index is 15.6. The first-order valence-corrected chi connectivity index (χ1v) is 37.5. The Hall–Kier alpha value is -6.28. The highest BCUT2D eigenvalue weighted by molar-refractivity contribution is 6.21. The molecular formula is C72H118ClF3N12O12. The number of likely N-dealkylation sites (tertiary alicyclic amines) is 1. The lowest BCUT2D eigenvalue weighted by atomic mass is 9.78. The zero-order valence-corrected chi connectivity index (χ0v) is 62.7. The minimum Gasteiger partial charge on any atom is -0.343 e. The van der Waals surface area contributed by atoms with Crippen LogP contribution in [-0.4, -0.2) is 263 Å². The molecule has 0 aromatic heterocycles. The Morgan fingerprint density at radius 2 is 1.18 bits per heavy atom. The van der Waals surface area contributed by atoms with Crippen molar-refractivity contribution in [2.24, 2.45) is 35.5 Å². The predicted octanol–water partition coefficient (Wildman–Crippen LogP) is 6.34. The van der Waals surface area contributed by atoms with Crippen LogP contribution in [0, 0.1) is 35.5 Å². The second kappa shape index (κ2) is 37.2. The summed E-state index contributed by atoms with van der Waals surface area (Å²) in [5, 5.41) is 7.59. The number of amides is 12. The minimum atomic E-state index is -4.51. The summed E-state index contributed by atoms with van der Waals surface area (Å²) in [7, 11) is 10.00. The van der Waals surface area contributed by atoms with Crippen molar-refractivity contribution < 1.29 is 70.7 Å². The number of likely N-dealkylation sites (N-methyl/N-ethyl adjacent to an activating group) is 7. The Morgan fingerprint density at radius 1 is 0.570 bits per heavy atom. The van der Waals surface area contributed by atoms with Gasteiger partial charge in [0.15, 0.2) is 0 Å². The third-order valence-electron chi connectivity index (χ3n) is 22.5. The van der Waals surface area contributed by atoms with Gasteiger partial charge in [-0.1, -0.05) is 92.9 Å². The van der Waals surface area contributed by atoms with E-state index < -0.39 is 168 Å². The average molecular weight is 1440 g/mol. The summed E-state index contributed by atoms with van der Waals surface area (Å²) in [4.78, 5) is 190. The van der Waals surface area contributed by atoms with Gasteiger partial charge in [0.1, 0.15) is 47.8 Å². The van der Waals surface area contributed by atoms with Gasteiger partial charge in [-0.15, -0.1) is 11.6 Å². The molecule has 12 amide bonds. The molecule has 6 aliphatic rings. The lowest BCUT2D eigenvalue weighted by molar-refractivity contribution is -0.182. The van der Waals surface area contributed by atoms with Crippen LogP contribution in [0.3, 0.4) is 0 Å². The first-order chi connectivity index (χ1) is 47.0. The molecule has 3 aliphatic carbocycles. The number of fused-ring (bicyclic) bond motifs is 1. The van der Waals surface area contributed by atoms with Crippen molar-refractivity contribution >= 4 is 82.5 Å². The van der Waals surface area contributed by atoms with Crippen LogP contribution in [-0.2, 0) is 57.5 Å². The SMILES string of the molecule is CC[C@H](C)[C@@H]1NC(=O)[C@H](CC(C)C)N(C)C(=O)C[C@@H](C(=O)N2CCCCC2)N(C)C(=O)[C@H](CCC(C)C)N(C)C(=O)C2(CCCC2)NC(=O)[C@@H]2CCCN2C(=O)[C@H](CCC2CCC(C(F)(F)F)C(Cl)C2)NC(=O)CN(C)C(=O)[C@H](CC2CCCCC2)N(C)C(=O)CN(C)C(=O)CN(C)C1=O. The molecule has 11 atom stereocenters. The van der Waals surface area contributed by atoms with Gasteiger partial charge in [0.2, 0.25) is 70.9 Å². The molecule has 3 heterocycles. The fourth-order valence-corrected chi connectivity index (χ4v) is 16.2. The molecule has 3 saturated carbocycles. The van der Waals surface area contributed by atoms with Crippen LogP contribution in [0.15, 0.2) is 0 Å². The molecule has 0 aromatic carbocycles. The van der Waals surface area contributed by atoms with Gasteiger partial charge in [0.25, 0.3) is 0 Å². The third kappa shape index (κ3) is 21.7. The molecule has 6 rings (SSSR count). The number of alkyl halides is 4. The van der Waals surface area contributed by atoms with Crippen LogP contribution < -0.4 is 16.0 Å². The highest BCUT2D eigenvalue weighted by Crippen LogP contribution is 2.44. The molecule has 24 nitrogen and oxygen atoms in total. The Labute approximate surface area is 596 Å². The van der Waals surface area contributed by atoms with E-state index in [-0.39, 0.29) is 101 Å². The number of hydrogen-bond acceptors (Lipinski definition) is 12. The minimum absolute atomic E-state index is 0.000137. The molecule has 3 N–H and O–H groups in total. The molecule has 0 aromatic rings. The first kappa shape index (κ1) is 82.7. The van der Waals surface area contributed by atoms with E-state index in [1.54, 1.807) is 11.8 Å². The fraction of sp³-hybridized carbons (Fsp3) is 0.833. The van der Waals surface area contributed by atoms with Crippen LogP contribution in [0.5, 0.6) is 0 Å². The summed E-state index contributed by atoms with van der Waals surface area (Å²) < 4.78 is 42.0. The Balaban J connectivity index is 1.42. The van der Waals surface area contributed by atoms with Crippen LogP contribution >= 0.6 is 11.6 Å². The second-order valence-corrected chi connectivity index (χ2v) is 31.4. The lowest BCUT2D eigenvalue weighted by Crippen LogP contribution is -2.64. The van der Waals surface area contributed by atoms with Crippen LogP contribution in [0.4, 0.5) is 13.2 Å². The van der Waals surface area contributed by atoms with Gasteiger partial charge in [0.05, 0.1) is 32.0 Å². The van der Waals surface area contributed by atoms with Gasteiger partial charge in [-0.05, 0) is 132 Å². The fourth-order valence-electron chi connectivity index (χ4n) is 15.7. The van der Waals surface area contributed by atoms with Crippen molar-refractivity contribution in [3.8, 4) is 0 Å². The van der Waals surface area contributed by atoms with E-state index >= 15 is 28.8 Å². The molecule has 1 spiro atoms. The number of halogens is 4. The van der Waals surface area contributed by atoms with E-state index in [0.29, 0.717) is 58.0 Å². The zero-order chi connectivity index (χ0) is 74.2. The van der Waals surface area contributed by atoms with Gasteiger partial charge in [-0.3, -0.25) is 57.5 Å². The van der Waals surface area contributed by atoms with Gasteiger partial charge in [-0.2, -0.15) is 13.2 Å². The van der Waals surface area contributed by atoms with Crippen molar-refractivity contribution in [1.82, 2.24) is 60.0 Å². The van der Waals surface area contributed by atoms with Crippen molar-refractivity contribution in [1.29, 1.82) is 0 Å². The van der Waals surface area contributed by atoms with E-state index in [1.807, 2.05) is 34.6 Å². The second-order valence-electron chi connectivity index (χ2n) is 30.9.